The van der Waals surface area contributed by atoms with Crippen molar-refractivity contribution in [2.24, 2.45) is 5.92 Å². The molecule has 7 nitrogen and oxygen atoms in total. The summed E-state index contributed by atoms with van der Waals surface area (Å²) >= 11 is 0. The second kappa shape index (κ2) is 7.71. The second-order valence-electron chi connectivity index (χ2n) is 5.71. The Morgan fingerprint density at radius 3 is 2.65 bits per heavy atom. The number of benzene rings is 1. The highest BCUT2D eigenvalue weighted by Gasteiger charge is 2.26. The van der Waals surface area contributed by atoms with E-state index in [0.717, 1.165) is 32.1 Å². The lowest BCUT2D eigenvalue weighted by atomic mass is 9.89. The predicted octanol–water partition coefficient (Wildman–Crippen LogP) is 3.05. The molecule has 1 aliphatic rings. The molecule has 1 saturated carbocycles. The third kappa shape index (κ3) is 4.77. The number of nitro groups is 1. The zero-order chi connectivity index (χ0) is 16.8. The van der Waals surface area contributed by atoms with Gasteiger partial charge in [-0.2, -0.15) is 0 Å². The van der Waals surface area contributed by atoms with Crippen LogP contribution in [0.5, 0.6) is 0 Å². The van der Waals surface area contributed by atoms with Crippen LogP contribution in [0.25, 0.3) is 0 Å². The third-order valence-electron chi connectivity index (χ3n) is 3.93. The Kier molecular flexibility index (Phi) is 5.67. The van der Waals surface area contributed by atoms with Crippen molar-refractivity contribution in [2.45, 2.75) is 45.1 Å². The van der Waals surface area contributed by atoms with E-state index in [1.807, 2.05) is 0 Å². The van der Waals surface area contributed by atoms with Gasteiger partial charge in [0.15, 0.2) is 6.10 Å². The van der Waals surface area contributed by atoms with Gasteiger partial charge in [0.1, 0.15) is 0 Å². The topological polar surface area (TPSA) is 98.5 Å². The lowest BCUT2D eigenvalue weighted by molar-refractivity contribution is -0.384. The van der Waals surface area contributed by atoms with Crippen LogP contribution in [0.4, 0.5) is 11.4 Å². The molecule has 1 aromatic carbocycles. The highest BCUT2D eigenvalue weighted by Crippen LogP contribution is 2.25. The standard InChI is InChI=1S/C16H20N2O5/c1-11(23-16(20)12-6-3-2-4-7-12)15(19)17-13-8-5-9-14(10-13)18(21)22/h5,8-12H,2-4,6-7H2,1H3,(H,17,19)/t11-/m0/s1. The van der Waals surface area contributed by atoms with Gasteiger partial charge in [-0.3, -0.25) is 19.7 Å². The number of carbonyl (C=O) groups excluding carboxylic acids is 2. The lowest BCUT2D eigenvalue weighted by Crippen LogP contribution is -2.32. The number of esters is 1. The van der Waals surface area contributed by atoms with Crippen LogP contribution in [0.2, 0.25) is 0 Å². The molecule has 1 fully saturated rings. The van der Waals surface area contributed by atoms with Crippen molar-refractivity contribution in [3.63, 3.8) is 0 Å². The van der Waals surface area contributed by atoms with Crippen LogP contribution in [0.3, 0.4) is 0 Å². The number of hydrogen-bond donors (Lipinski definition) is 1. The molecule has 0 aromatic heterocycles. The number of nitrogens with zero attached hydrogens (tertiary/aromatic N) is 1. The fourth-order valence-corrected chi connectivity index (χ4v) is 2.60. The third-order valence-corrected chi connectivity index (χ3v) is 3.93. The Hall–Kier alpha value is -2.44. The number of rotatable bonds is 5. The van der Waals surface area contributed by atoms with E-state index in [1.165, 1.54) is 25.1 Å². The summed E-state index contributed by atoms with van der Waals surface area (Å²) in [5.41, 5.74) is 0.180. The zero-order valence-electron chi connectivity index (χ0n) is 13.0. The molecule has 0 bridgehead atoms. The van der Waals surface area contributed by atoms with Crippen molar-refractivity contribution in [2.75, 3.05) is 5.32 Å². The SMILES string of the molecule is C[C@H](OC(=O)C1CCCCC1)C(=O)Nc1cccc([N+](=O)[O-])c1. The van der Waals surface area contributed by atoms with Gasteiger partial charge >= 0.3 is 5.97 Å². The molecule has 1 atom stereocenters. The molecule has 7 heteroatoms. The van der Waals surface area contributed by atoms with E-state index in [9.17, 15) is 19.7 Å². The van der Waals surface area contributed by atoms with Gasteiger partial charge in [0.2, 0.25) is 0 Å². The molecule has 0 spiro atoms. The number of anilines is 1. The average Bonchev–Trinajstić information content (AvgIpc) is 2.55. The van der Waals surface area contributed by atoms with E-state index in [4.69, 9.17) is 4.74 Å². The number of nitrogens with one attached hydrogen (secondary N) is 1. The summed E-state index contributed by atoms with van der Waals surface area (Å²) in [5, 5.41) is 13.2. The summed E-state index contributed by atoms with van der Waals surface area (Å²) in [6.45, 7) is 1.49. The molecule has 0 radical (unpaired) electrons. The minimum absolute atomic E-state index is 0.116. The molecule has 1 N–H and O–H groups in total. The Labute approximate surface area is 134 Å². The largest absolute Gasteiger partial charge is 0.452 e. The summed E-state index contributed by atoms with van der Waals surface area (Å²) in [4.78, 5) is 34.2. The maximum atomic E-state index is 12.1. The molecule has 1 aliphatic carbocycles. The average molecular weight is 320 g/mol. The van der Waals surface area contributed by atoms with Crippen LogP contribution in [0.15, 0.2) is 24.3 Å². The van der Waals surface area contributed by atoms with Gasteiger partial charge in [-0.15, -0.1) is 0 Å². The maximum absolute atomic E-state index is 12.1. The molecule has 124 valence electrons. The zero-order valence-corrected chi connectivity index (χ0v) is 13.0. The molecule has 0 saturated heterocycles. The van der Waals surface area contributed by atoms with Gasteiger partial charge < -0.3 is 10.1 Å². The van der Waals surface area contributed by atoms with Gasteiger partial charge in [-0.1, -0.05) is 25.3 Å². The fraction of sp³-hybridized carbons (Fsp3) is 0.500. The van der Waals surface area contributed by atoms with Crippen LogP contribution in [-0.4, -0.2) is 22.9 Å². The first-order chi connectivity index (χ1) is 11.0. The van der Waals surface area contributed by atoms with Crippen molar-refractivity contribution < 1.29 is 19.2 Å². The highest BCUT2D eigenvalue weighted by molar-refractivity contribution is 5.95. The van der Waals surface area contributed by atoms with Gasteiger partial charge in [-0.05, 0) is 25.8 Å². The molecule has 2 rings (SSSR count). The number of hydrogen-bond acceptors (Lipinski definition) is 5. The van der Waals surface area contributed by atoms with Crippen LogP contribution in [-0.2, 0) is 14.3 Å². The highest BCUT2D eigenvalue weighted by atomic mass is 16.6. The first-order valence-corrected chi connectivity index (χ1v) is 7.73. The molecule has 0 unspecified atom stereocenters. The number of carbonyl (C=O) groups is 2. The maximum Gasteiger partial charge on any atom is 0.309 e. The molecular formula is C16H20N2O5. The molecule has 0 aliphatic heterocycles. The van der Waals surface area contributed by atoms with E-state index in [1.54, 1.807) is 6.07 Å². The Bertz CT molecular complexity index is 596. The normalized spacial score (nSPS) is 16.4. The van der Waals surface area contributed by atoms with Gasteiger partial charge in [0.25, 0.3) is 11.6 Å². The van der Waals surface area contributed by atoms with Crippen LogP contribution in [0, 0.1) is 16.0 Å². The molecule has 1 amide bonds. The van der Waals surface area contributed by atoms with Crippen LogP contribution < -0.4 is 5.32 Å². The van der Waals surface area contributed by atoms with Crippen molar-refractivity contribution in [3.8, 4) is 0 Å². The van der Waals surface area contributed by atoms with E-state index in [-0.39, 0.29) is 17.6 Å². The van der Waals surface area contributed by atoms with Gasteiger partial charge in [0.05, 0.1) is 10.8 Å². The Morgan fingerprint density at radius 2 is 2.00 bits per heavy atom. The summed E-state index contributed by atoms with van der Waals surface area (Å²) < 4.78 is 5.22. The van der Waals surface area contributed by atoms with Crippen LogP contribution in [0.1, 0.15) is 39.0 Å². The minimum atomic E-state index is -0.941. The molecule has 1 aromatic rings. The quantitative estimate of drug-likeness (QED) is 0.511. The van der Waals surface area contributed by atoms with Gasteiger partial charge in [-0.25, -0.2) is 0 Å². The monoisotopic (exact) mass is 320 g/mol. The van der Waals surface area contributed by atoms with Crippen molar-refractivity contribution in [3.05, 3.63) is 34.4 Å². The number of ether oxygens (including phenoxy) is 1. The van der Waals surface area contributed by atoms with Crippen molar-refractivity contribution >= 4 is 23.3 Å². The van der Waals surface area contributed by atoms with Crippen LogP contribution >= 0.6 is 0 Å². The lowest BCUT2D eigenvalue weighted by Gasteiger charge is -2.22. The Morgan fingerprint density at radius 1 is 1.30 bits per heavy atom. The van der Waals surface area contributed by atoms with E-state index >= 15 is 0 Å². The molecule has 0 heterocycles. The van der Waals surface area contributed by atoms with E-state index in [0.29, 0.717) is 5.69 Å². The summed E-state index contributed by atoms with van der Waals surface area (Å²) in [5.74, 6) is -0.974. The predicted molar refractivity (Wildman–Crippen MR) is 83.9 cm³/mol. The van der Waals surface area contributed by atoms with Crippen molar-refractivity contribution in [1.82, 2.24) is 0 Å². The summed E-state index contributed by atoms with van der Waals surface area (Å²) in [6, 6.07) is 5.61. The summed E-state index contributed by atoms with van der Waals surface area (Å²) in [7, 11) is 0. The Balaban J connectivity index is 1.90. The van der Waals surface area contributed by atoms with Gasteiger partial charge in [0, 0.05) is 17.8 Å². The fourth-order valence-electron chi connectivity index (χ4n) is 2.60. The second-order valence-corrected chi connectivity index (χ2v) is 5.71. The molecule has 23 heavy (non-hydrogen) atoms. The summed E-state index contributed by atoms with van der Waals surface area (Å²) in [6.07, 6.45) is 3.81. The van der Waals surface area contributed by atoms with E-state index < -0.39 is 16.9 Å². The smallest absolute Gasteiger partial charge is 0.309 e. The van der Waals surface area contributed by atoms with E-state index in [2.05, 4.69) is 5.32 Å². The first kappa shape index (κ1) is 16.9. The number of nitro benzene ring substituents is 1. The minimum Gasteiger partial charge on any atom is -0.452 e. The first-order valence-electron chi connectivity index (χ1n) is 7.73. The number of amides is 1. The number of non-ortho nitro benzene ring substituents is 1. The van der Waals surface area contributed by atoms with Crippen molar-refractivity contribution in [1.29, 1.82) is 0 Å². The molecular weight excluding hydrogens is 300 g/mol.